The number of hydrogen-bond acceptors (Lipinski definition) is 2. The van der Waals surface area contributed by atoms with Crippen LogP contribution in [0, 0.1) is 13.8 Å². The van der Waals surface area contributed by atoms with E-state index in [1.54, 1.807) is 6.92 Å². The Labute approximate surface area is 89.7 Å². The van der Waals surface area contributed by atoms with E-state index in [0.29, 0.717) is 12.2 Å². The van der Waals surface area contributed by atoms with E-state index >= 15 is 0 Å². The van der Waals surface area contributed by atoms with Crippen LogP contribution in [0.25, 0.3) is 0 Å². The minimum absolute atomic E-state index is 0.461. The average molecular weight is 208 g/mol. The van der Waals surface area contributed by atoms with E-state index in [-0.39, 0.29) is 0 Å². The maximum Gasteiger partial charge on any atom is 0.344 e. The van der Waals surface area contributed by atoms with Gasteiger partial charge < -0.3 is 9.84 Å². The van der Waals surface area contributed by atoms with Crippen molar-refractivity contribution in [2.24, 2.45) is 0 Å². The van der Waals surface area contributed by atoms with Gasteiger partial charge in [0, 0.05) is 0 Å². The predicted molar refractivity (Wildman–Crippen MR) is 58.3 cm³/mol. The number of aliphatic carboxylic acids is 1. The van der Waals surface area contributed by atoms with Crippen molar-refractivity contribution >= 4 is 5.97 Å². The molecule has 0 aliphatic carbocycles. The number of carboxylic acids is 1. The van der Waals surface area contributed by atoms with Gasteiger partial charge in [0.05, 0.1) is 0 Å². The SMILES string of the molecule is CC[C@@H](Oc1ccc(C)cc1C)C(=O)O. The summed E-state index contributed by atoms with van der Waals surface area (Å²) in [5, 5.41) is 8.86. The lowest BCUT2D eigenvalue weighted by Gasteiger charge is -2.15. The standard InChI is InChI=1S/C12H16O3/c1-4-10(12(13)14)15-11-6-5-8(2)7-9(11)3/h5-7,10H,4H2,1-3H3,(H,13,14)/t10-/m1/s1. The van der Waals surface area contributed by atoms with Gasteiger partial charge in [-0.2, -0.15) is 0 Å². The van der Waals surface area contributed by atoms with Crippen LogP contribution in [0.2, 0.25) is 0 Å². The molecule has 1 rings (SSSR count). The predicted octanol–water partition coefficient (Wildman–Crippen LogP) is 2.55. The summed E-state index contributed by atoms with van der Waals surface area (Å²) in [6.07, 6.45) is -0.297. The van der Waals surface area contributed by atoms with Gasteiger partial charge in [0.2, 0.25) is 0 Å². The highest BCUT2D eigenvalue weighted by atomic mass is 16.5. The van der Waals surface area contributed by atoms with Crippen LogP contribution >= 0.6 is 0 Å². The summed E-state index contributed by atoms with van der Waals surface area (Å²) in [7, 11) is 0. The third-order valence-electron chi connectivity index (χ3n) is 2.25. The van der Waals surface area contributed by atoms with Gasteiger partial charge in [0.1, 0.15) is 5.75 Å². The molecule has 0 fully saturated rings. The van der Waals surface area contributed by atoms with Crippen molar-refractivity contribution in [3.05, 3.63) is 29.3 Å². The molecule has 0 amide bonds. The van der Waals surface area contributed by atoms with Crippen molar-refractivity contribution in [2.45, 2.75) is 33.3 Å². The van der Waals surface area contributed by atoms with Crippen LogP contribution in [-0.2, 0) is 4.79 Å². The van der Waals surface area contributed by atoms with Crippen molar-refractivity contribution in [1.29, 1.82) is 0 Å². The van der Waals surface area contributed by atoms with E-state index in [4.69, 9.17) is 9.84 Å². The molecule has 1 atom stereocenters. The molecule has 3 nitrogen and oxygen atoms in total. The molecule has 15 heavy (non-hydrogen) atoms. The first kappa shape index (κ1) is 11.6. The molecular formula is C12H16O3. The van der Waals surface area contributed by atoms with Crippen LogP contribution in [0.5, 0.6) is 5.75 Å². The number of rotatable bonds is 4. The second-order valence-electron chi connectivity index (χ2n) is 3.62. The molecule has 0 spiro atoms. The van der Waals surface area contributed by atoms with Gasteiger partial charge in [-0.3, -0.25) is 0 Å². The fourth-order valence-electron chi connectivity index (χ4n) is 1.39. The van der Waals surface area contributed by atoms with Crippen LogP contribution in [0.15, 0.2) is 18.2 Å². The molecule has 0 aromatic heterocycles. The monoisotopic (exact) mass is 208 g/mol. The van der Waals surface area contributed by atoms with Crippen molar-refractivity contribution < 1.29 is 14.6 Å². The zero-order valence-corrected chi connectivity index (χ0v) is 9.28. The zero-order valence-electron chi connectivity index (χ0n) is 9.28. The van der Waals surface area contributed by atoms with Gasteiger partial charge in [0.15, 0.2) is 6.10 Å². The summed E-state index contributed by atoms with van der Waals surface area (Å²) in [6, 6.07) is 5.71. The Morgan fingerprint density at radius 2 is 2.13 bits per heavy atom. The Morgan fingerprint density at radius 1 is 1.47 bits per heavy atom. The molecule has 0 bridgehead atoms. The summed E-state index contributed by atoms with van der Waals surface area (Å²) in [5.41, 5.74) is 2.11. The fraction of sp³-hybridized carbons (Fsp3) is 0.417. The Kier molecular flexibility index (Phi) is 3.72. The van der Waals surface area contributed by atoms with E-state index < -0.39 is 12.1 Å². The number of aryl methyl sites for hydroxylation is 2. The van der Waals surface area contributed by atoms with E-state index in [9.17, 15) is 4.79 Å². The number of ether oxygens (including phenoxy) is 1. The maximum absolute atomic E-state index is 10.8. The van der Waals surface area contributed by atoms with Gasteiger partial charge >= 0.3 is 5.97 Å². The Bertz CT molecular complexity index is 358. The third kappa shape index (κ3) is 2.98. The molecule has 0 unspecified atom stereocenters. The smallest absolute Gasteiger partial charge is 0.344 e. The topological polar surface area (TPSA) is 46.5 Å². The van der Waals surface area contributed by atoms with Gasteiger partial charge in [-0.25, -0.2) is 4.79 Å². The minimum atomic E-state index is -0.919. The number of carboxylic acid groups (broad SMARTS) is 1. The third-order valence-corrected chi connectivity index (χ3v) is 2.25. The zero-order chi connectivity index (χ0) is 11.4. The lowest BCUT2D eigenvalue weighted by Crippen LogP contribution is -2.26. The molecule has 0 radical (unpaired) electrons. The summed E-state index contributed by atoms with van der Waals surface area (Å²) >= 11 is 0. The van der Waals surface area contributed by atoms with Crippen LogP contribution in [0.4, 0.5) is 0 Å². The second kappa shape index (κ2) is 4.82. The normalized spacial score (nSPS) is 12.2. The number of hydrogen-bond donors (Lipinski definition) is 1. The summed E-state index contributed by atoms with van der Waals surface area (Å²) in [6.45, 7) is 5.70. The highest BCUT2D eigenvalue weighted by Crippen LogP contribution is 2.20. The molecule has 0 heterocycles. The first-order valence-corrected chi connectivity index (χ1v) is 5.01. The molecule has 0 aliphatic rings. The van der Waals surface area contributed by atoms with Crippen molar-refractivity contribution in [3.8, 4) is 5.75 Å². The summed E-state index contributed by atoms with van der Waals surface area (Å²) < 4.78 is 5.41. The minimum Gasteiger partial charge on any atom is -0.479 e. The van der Waals surface area contributed by atoms with Gasteiger partial charge in [0.25, 0.3) is 0 Å². The first-order valence-electron chi connectivity index (χ1n) is 5.01. The Balaban J connectivity index is 2.84. The largest absolute Gasteiger partial charge is 0.479 e. The highest BCUT2D eigenvalue weighted by Gasteiger charge is 2.17. The molecule has 0 saturated heterocycles. The molecule has 1 N–H and O–H groups in total. The van der Waals surface area contributed by atoms with Crippen LogP contribution in [0.1, 0.15) is 24.5 Å². The number of carbonyl (C=O) groups is 1. The van der Waals surface area contributed by atoms with Crippen molar-refractivity contribution in [2.75, 3.05) is 0 Å². The highest BCUT2D eigenvalue weighted by molar-refractivity contribution is 5.72. The summed E-state index contributed by atoms with van der Waals surface area (Å²) in [4.78, 5) is 10.8. The van der Waals surface area contributed by atoms with Gasteiger partial charge in [-0.05, 0) is 31.9 Å². The van der Waals surface area contributed by atoms with E-state index in [0.717, 1.165) is 11.1 Å². The van der Waals surface area contributed by atoms with E-state index in [2.05, 4.69) is 0 Å². The quantitative estimate of drug-likeness (QED) is 0.827. The van der Waals surface area contributed by atoms with Crippen LogP contribution in [-0.4, -0.2) is 17.2 Å². The first-order chi connectivity index (χ1) is 7.04. The second-order valence-corrected chi connectivity index (χ2v) is 3.62. The maximum atomic E-state index is 10.8. The van der Waals surface area contributed by atoms with Crippen molar-refractivity contribution in [1.82, 2.24) is 0 Å². The van der Waals surface area contributed by atoms with E-state index in [1.165, 1.54) is 0 Å². The molecule has 82 valence electrons. The number of benzene rings is 1. The Morgan fingerprint density at radius 3 is 2.60 bits per heavy atom. The van der Waals surface area contributed by atoms with Gasteiger partial charge in [-0.15, -0.1) is 0 Å². The lowest BCUT2D eigenvalue weighted by molar-refractivity contribution is -0.145. The molecule has 1 aromatic carbocycles. The average Bonchev–Trinajstić information content (AvgIpc) is 2.16. The van der Waals surface area contributed by atoms with Gasteiger partial charge in [-0.1, -0.05) is 24.6 Å². The molecular weight excluding hydrogens is 192 g/mol. The van der Waals surface area contributed by atoms with Crippen LogP contribution < -0.4 is 4.74 Å². The van der Waals surface area contributed by atoms with Crippen molar-refractivity contribution in [3.63, 3.8) is 0 Å². The molecule has 0 aliphatic heterocycles. The molecule has 1 aromatic rings. The molecule has 0 saturated carbocycles. The molecule has 3 heteroatoms. The van der Waals surface area contributed by atoms with Crippen LogP contribution in [0.3, 0.4) is 0 Å². The Hall–Kier alpha value is -1.51. The lowest BCUT2D eigenvalue weighted by atomic mass is 10.1. The fourth-order valence-corrected chi connectivity index (χ4v) is 1.39. The summed E-state index contributed by atoms with van der Waals surface area (Å²) in [5.74, 6) is -0.271. The van der Waals surface area contributed by atoms with E-state index in [1.807, 2.05) is 32.0 Å².